The molecule has 2 rings (SSSR count). The summed E-state index contributed by atoms with van der Waals surface area (Å²) < 4.78 is 0. The van der Waals surface area contributed by atoms with Gasteiger partial charge < -0.3 is 5.32 Å². The molecule has 20 heavy (non-hydrogen) atoms. The summed E-state index contributed by atoms with van der Waals surface area (Å²) >= 11 is 0. The van der Waals surface area contributed by atoms with E-state index >= 15 is 0 Å². The topological polar surface area (TPSA) is 91.9 Å². The fourth-order valence-corrected chi connectivity index (χ4v) is 2.74. The van der Waals surface area contributed by atoms with Crippen molar-refractivity contribution in [2.24, 2.45) is 11.8 Å². The van der Waals surface area contributed by atoms with Crippen LogP contribution in [0.25, 0.3) is 0 Å². The zero-order valence-electron chi connectivity index (χ0n) is 11.7. The third-order valence-corrected chi connectivity index (χ3v) is 4.22. The van der Waals surface area contributed by atoms with Crippen LogP contribution in [0.3, 0.4) is 0 Å². The molecule has 0 amide bonds. The highest BCUT2D eigenvalue weighted by atomic mass is 16.6. The highest BCUT2D eigenvalue weighted by Gasteiger charge is 2.27. The van der Waals surface area contributed by atoms with Gasteiger partial charge in [-0.05, 0) is 24.3 Å². The Morgan fingerprint density at radius 2 is 2.20 bits per heavy atom. The first kappa shape index (κ1) is 14.3. The van der Waals surface area contributed by atoms with Crippen LogP contribution in [0.5, 0.6) is 0 Å². The molecular weight excluding hydrogens is 256 g/mol. The van der Waals surface area contributed by atoms with Crippen LogP contribution < -0.4 is 5.32 Å². The zero-order chi connectivity index (χ0) is 14.7. The summed E-state index contributed by atoms with van der Waals surface area (Å²) in [4.78, 5) is 14.2. The molecule has 3 atom stereocenters. The molecule has 6 heteroatoms. The normalized spacial score (nSPS) is 25.8. The Balaban J connectivity index is 2.18. The van der Waals surface area contributed by atoms with Gasteiger partial charge in [0.25, 0.3) is 0 Å². The lowest BCUT2D eigenvalue weighted by Crippen LogP contribution is -2.35. The van der Waals surface area contributed by atoms with Crippen molar-refractivity contribution in [1.29, 1.82) is 5.26 Å². The number of nitriles is 1. The predicted octanol–water partition coefficient (Wildman–Crippen LogP) is 3.10. The molecule has 1 fully saturated rings. The van der Waals surface area contributed by atoms with E-state index in [9.17, 15) is 10.1 Å². The summed E-state index contributed by atoms with van der Waals surface area (Å²) in [6.45, 7) is 4.45. The van der Waals surface area contributed by atoms with Crippen LogP contribution in [0.15, 0.2) is 12.1 Å². The van der Waals surface area contributed by atoms with Crippen molar-refractivity contribution < 1.29 is 4.92 Å². The van der Waals surface area contributed by atoms with E-state index in [-0.39, 0.29) is 11.4 Å². The Kier molecular flexibility index (Phi) is 4.18. The van der Waals surface area contributed by atoms with Crippen LogP contribution in [0.1, 0.15) is 38.8 Å². The first-order valence-electron chi connectivity index (χ1n) is 6.85. The third kappa shape index (κ3) is 2.87. The molecule has 0 saturated heterocycles. The highest BCUT2D eigenvalue weighted by Crippen LogP contribution is 2.31. The largest absolute Gasteiger partial charge is 0.367 e. The average molecular weight is 274 g/mol. The summed E-state index contributed by atoms with van der Waals surface area (Å²) in [6, 6.07) is 5.00. The maximum absolute atomic E-state index is 10.8. The van der Waals surface area contributed by atoms with Gasteiger partial charge >= 0.3 is 5.69 Å². The van der Waals surface area contributed by atoms with Gasteiger partial charge in [0.05, 0.1) is 4.92 Å². The molecule has 3 unspecified atom stereocenters. The molecule has 1 aromatic heterocycles. The summed E-state index contributed by atoms with van der Waals surface area (Å²) in [7, 11) is 0. The monoisotopic (exact) mass is 274 g/mol. The maximum Gasteiger partial charge on any atom is 0.305 e. The minimum absolute atomic E-state index is 0.142. The van der Waals surface area contributed by atoms with Crippen LogP contribution in [0.2, 0.25) is 0 Å². The average Bonchev–Trinajstić information content (AvgIpc) is 2.43. The summed E-state index contributed by atoms with van der Waals surface area (Å²) in [5.74, 6) is 1.71. The molecule has 6 nitrogen and oxygen atoms in total. The number of pyridine rings is 1. The van der Waals surface area contributed by atoms with E-state index < -0.39 is 4.92 Å². The van der Waals surface area contributed by atoms with Gasteiger partial charge in [-0.15, -0.1) is 0 Å². The van der Waals surface area contributed by atoms with Crippen LogP contribution in [0, 0.1) is 33.3 Å². The van der Waals surface area contributed by atoms with Gasteiger partial charge in [-0.25, -0.2) is 4.98 Å². The van der Waals surface area contributed by atoms with Crippen molar-refractivity contribution in [2.45, 2.75) is 39.2 Å². The Bertz CT molecular complexity index is 553. The second-order valence-electron chi connectivity index (χ2n) is 5.45. The van der Waals surface area contributed by atoms with Gasteiger partial charge in [0.2, 0.25) is 5.69 Å². The van der Waals surface area contributed by atoms with Crippen molar-refractivity contribution in [2.75, 3.05) is 5.32 Å². The lowest BCUT2D eigenvalue weighted by atomic mass is 9.78. The first-order chi connectivity index (χ1) is 9.52. The number of nitro groups is 1. The van der Waals surface area contributed by atoms with Crippen LogP contribution >= 0.6 is 0 Å². The van der Waals surface area contributed by atoms with Crippen molar-refractivity contribution in [3.05, 3.63) is 27.9 Å². The Morgan fingerprint density at radius 1 is 1.45 bits per heavy atom. The standard InChI is InChI=1S/C14H18N4O2/c1-9-4-3-5-11(10(9)2)16-14-7-6-13(18(19)20)12(8-15)17-14/h6-7,9-11H,3-5H2,1-2H3,(H,16,17). The Labute approximate surface area is 118 Å². The number of rotatable bonds is 3. The first-order valence-corrected chi connectivity index (χ1v) is 6.85. The van der Waals surface area contributed by atoms with Crippen molar-refractivity contribution in [1.82, 2.24) is 4.98 Å². The molecule has 0 spiro atoms. The summed E-state index contributed by atoms with van der Waals surface area (Å²) in [5, 5.41) is 23.0. The lowest BCUT2D eigenvalue weighted by molar-refractivity contribution is -0.385. The molecule has 0 aliphatic heterocycles. The molecule has 1 saturated carbocycles. The summed E-state index contributed by atoms with van der Waals surface area (Å²) in [5.41, 5.74) is -0.389. The van der Waals surface area contributed by atoms with Crippen molar-refractivity contribution >= 4 is 11.5 Å². The van der Waals surface area contributed by atoms with Crippen LogP contribution in [-0.4, -0.2) is 15.9 Å². The Hall–Kier alpha value is -2.16. The number of hydrogen-bond donors (Lipinski definition) is 1. The van der Waals surface area contributed by atoms with E-state index in [0.717, 1.165) is 6.42 Å². The molecule has 1 aliphatic rings. The number of nitrogens with one attached hydrogen (secondary N) is 1. The summed E-state index contributed by atoms with van der Waals surface area (Å²) in [6.07, 6.45) is 3.46. The SMILES string of the molecule is CC1CCCC(Nc2ccc([N+](=O)[O-])c(C#N)n2)C1C. The predicted molar refractivity (Wildman–Crippen MR) is 75.2 cm³/mol. The van der Waals surface area contributed by atoms with Crippen molar-refractivity contribution in [3.63, 3.8) is 0 Å². The molecule has 106 valence electrons. The molecule has 1 aromatic rings. The van der Waals surface area contributed by atoms with E-state index in [0.29, 0.717) is 23.7 Å². The molecule has 1 N–H and O–H groups in total. The fraction of sp³-hybridized carbons (Fsp3) is 0.571. The van der Waals surface area contributed by atoms with E-state index in [1.54, 1.807) is 12.1 Å². The van der Waals surface area contributed by atoms with Gasteiger partial charge in [-0.3, -0.25) is 10.1 Å². The number of anilines is 1. The molecule has 0 radical (unpaired) electrons. The third-order valence-electron chi connectivity index (χ3n) is 4.22. The molecule has 1 aliphatic carbocycles. The van der Waals surface area contributed by atoms with E-state index in [1.807, 2.05) is 0 Å². The second-order valence-corrected chi connectivity index (χ2v) is 5.45. The molecule has 0 bridgehead atoms. The lowest BCUT2D eigenvalue weighted by Gasteiger charge is -2.34. The van der Waals surface area contributed by atoms with E-state index in [2.05, 4.69) is 24.1 Å². The Morgan fingerprint density at radius 3 is 2.85 bits per heavy atom. The van der Waals surface area contributed by atoms with E-state index in [4.69, 9.17) is 5.26 Å². The minimum Gasteiger partial charge on any atom is -0.367 e. The fourth-order valence-electron chi connectivity index (χ4n) is 2.74. The van der Waals surface area contributed by atoms with E-state index in [1.165, 1.54) is 18.9 Å². The second kappa shape index (κ2) is 5.87. The highest BCUT2D eigenvalue weighted by molar-refractivity contribution is 5.50. The van der Waals surface area contributed by atoms with Gasteiger partial charge in [0.1, 0.15) is 11.9 Å². The van der Waals surface area contributed by atoms with Gasteiger partial charge in [-0.2, -0.15) is 5.26 Å². The minimum atomic E-state index is -0.583. The van der Waals surface area contributed by atoms with Gasteiger partial charge in [-0.1, -0.05) is 26.7 Å². The molecule has 0 aromatic carbocycles. The number of hydrogen-bond acceptors (Lipinski definition) is 5. The maximum atomic E-state index is 10.8. The van der Waals surface area contributed by atoms with Crippen LogP contribution in [0.4, 0.5) is 11.5 Å². The van der Waals surface area contributed by atoms with Crippen molar-refractivity contribution in [3.8, 4) is 6.07 Å². The zero-order valence-corrected chi connectivity index (χ0v) is 11.7. The quantitative estimate of drug-likeness (QED) is 0.675. The van der Waals surface area contributed by atoms with Crippen LogP contribution in [-0.2, 0) is 0 Å². The molecular formula is C14H18N4O2. The molecule has 1 heterocycles. The smallest absolute Gasteiger partial charge is 0.305 e. The number of aromatic nitrogens is 1. The number of nitrogens with zero attached hydrogens (tertiary/aromatic N) is 3. The van der Waals surface area contributed by atoms with Gasteiger partial charge in [0.15, 0.2) is 0 Å². The van der Waals surface area contributed by atoms with Gasteiger partial charge in [0, 0.05) is 12.1 Å².